The molecule has 1 aliphatic rings. The number of halogens is 3. The van der Waals surface area contributed by atoms with Crippen molar-refractivity contribution in [3.05, 3.63) is 69.5 Å². The largest absolute Gasteiger partial charge is 0.352 e. The molecule has 2 amide bonds. The summed E-state index contributed by atoms with van der Waals surface area (Å²) in [5, 5.41) is 3.88. The second kappa shape index (κ2) is 10.9. The fourth-order valence-corrected chi connectivity index (χ4v) is 3.92. The van der Waals surface area contributed by atoms with Crippen molar-refractivity contribution in [2.75, 3.05) is 26.7 Å². The van der Waals surface area contributed by atoms with E-state index >= 15 is 0 Å². The number of likely N-dealkylation sites (tertiary alicyclic amines) is 1. The Balaban J connectivity index is 1.40. The van der Waals surface area contributed by atoms with Crippen molar-refractivity contribution in [1.29, 1.82) is 0 Å². The summed E-state index contributed by atoms with van der Waals surface area (Å²) < 4.78 is 13.0. The van der Waals surface area contributed by atoms with Crippen molar-refractivity contribution < 1.29 is 14.0 Å². The second-order valence-electron chi connectivity index (χ2n) is 7.89. The molecule has 0 saturated carbocycles. The molecule has 0 atom stereocenters. The van der Waals surface area contributed by atoms with Crippen LogP contribution < -0.4 is 5.32 Å². The molecule has 1 aliphatic heterocycles. The van der Waals surface area contributed by atoms with Gasteiger partial charge in [0, 0.05) is 26.1 Å². The number of hydrogen-bond donors (Lipinski definition) is 1. The Kier molecular flexibility index (Phi) is 8.29. The Morgan fingerprint density at radius 1 is 1.06 bits per heavy atom. The average molecular weight is 466 g/mol. The summed E-state index contributed by atoms with van der Waals surface area (Å²) in [5.74, 6) is -0.335. The maximum absolute atomic E-state index is 13.0. The van der Waals surface area contributed by atoms with Crippen molar-refractivity contribution in [3.8, 4) is 0 Å². The van der Waals surface area contributed by atoms with Gasteiger partial charge in [-0.3, -0.25) is 14.5 Å². The molecule has 166 valence electrons. The van der Waals surface area contributed by atoms with Crippen LogP contribution >= 0.6 is 23.2 Å². The molecule has 1 fully saturated rings. The topological polar surface area (TPSA) is 52.7 Å². The fourth-order valence-electron chi connectivity index (χ4n) is 3.60. The molecule has 2 aromatic carbocycles. The van der Waals surface area contributed by atoms with Crippen molar-refractivity contribution in [3.63, 3.8) is 0 Å². The highest BCUT2D eigenvalue weighted by Gasteiger charge is 2.26. The maximum Gasteiger partial charge on any atom is 0.236 e. The number of carbonyl (C=O) groups is 2. The van der Waals surface area contributed by atoms with Gasteiger partial charge in [-0.05, 0) is 61.3 Å². The molecule has 2 aromatic rings. The van der Waals surface area contributed by atoms with E-state index in [1.165, 1.54) is 12.1 Å². The Morgan fingerprint density at radius 2 is 1.71 bits per heavy atom. The van der Waals surface area contributed by atoms with Crippen LogP contribution in [0.5, 0.6) is 0 Å². The van der Waals surface area contributed by atoms with Crippen molar-refractivity contribution >= 4 is 35.0 Å². The average Bonchev–Trinajstić information content (AvgIpc) is 2.76. The molecule has 1 N–H and O–H groups in total. The summed E-state index contributed by atoms with van der Waals surface area (Å²) >= 11 is 12.0. The third kappa shape index (κ3) is 6.92. The van der Waals surface area contributed by atoms with Crippen molar-refractivity contribution in [2.24, 2.45) is 5.92 Å². The van der Waals surface area contributed by atoms with E-state index in [4.69, 9.17) is 23.2 Å². The predicted molar refractivity (Wildman–Crippen MR) is 120 cm³/mol. The number of nitrogens with one attached hydrogen (secondary N) is 1. The van der Waals surface area contributed by atoms with Crippen molar-refractivity contribution in [2.45, 2.75) is 25.9 Å². The van der Waals surface area contributed by atoms with E-state index in [2.05, 4.69) is 10.2 Å². The van der Waals surface area contributed by atoms with E-state index in [-0.39, 0.29) is 23.5 Å². The molecule has 0 aromatic heterocycles. The summed E-state index contributed by atoms with van der Waals surface area (Å²) in [7, 11) is 1.76. The lowest BCUT2D eigenvalue weighted by Gasteiger charge is -2.32. The zero-order chi connectivity index (χ0) is 22.4. The van der Waals surface area contributed by atoms with Crippen LogP contribution in [0.3, 0.4) is 0 Å². The molecule has 1 saturated heterocycles. The zero-order valence-corrected chi connectivity index (χ0v) is 18.9. The number of nitrogens with zero attached hydrogens (tertiary/aromatic N) is 2. The van der Waals surface area contributed by atoms with Crippen LogP contribution in [0.1, 0.15) is 24.0 Å². The van der Waals surface area contributed by atoms with Crippen LogP contribution in [0.2, 0.25) is 10.0 Å². The number of amides is 2. The van der Waals surface area contributed by atoms with E-state index in [1.807, 2.05) is 6.07 Å². The van der Waals surface area contributed by atoms with Crippen LogP contribution in [0.4, 0.5) is 4.39 Å². The van der Waals surface area contributed by atoms with Gasteiger partial charge in [0.05, 0.1) is 16.6 Å². The molecule has 0 spiro atoms. The predicted octanol–water partition coefficient (Wildman–Crippen LogP) is 4.12. The first kappa shape index (κ1) is 23.5. The van der Waals surface area contributed by atoms with Gasteiger partial charge in [-0.25, -0.2) is 4.39 Å². The summed E-state index contributed by atoms with van der Waals surface area (Å²) in [5.41, 5.74) is 1.78. The van der Waals surface area contributed by atoms with Gasteiger partial charge in [-0.1, -0.05) is 41.4 Å². The third-order valence-electron chi connectivity index (χ3n) is 5.53. The smallest absolute Gasteiger partial charge is 0.236 e. The van der Waals surface area contributed by atoms with Crippen LogP contribution in [0.15, 0.2) is 42.5 Å². The number of hydrogen-bond acceptors (Lipinski definition) is 3. The van der Waals surface area contributed by atoms with E-state index in [9.17, 15) is 14.0 Å². The highest BCUT2D eigenvalue weighted by atomic mass is 35.5. The lowest BCUT2D eigenvalue weighted by molar-refractivity contribution is -0.132. The summed E-state index contributed by atoms with van der Waals surface area (Å²) in [6.07, 6.45) is 1.41. The molecule has 8 heteroatoms. The Morgan fingerprint density at radius 3 is 2.35 bits per heavy atom. The molecule has 0 aliphatic carbocycles. The Hall–Kier alpha value is -2.15. The van der Waals surface area contributed by atoms with Crippen LogP contribution in [0, 0.1) is 11.7 Å². The Labute approximate surface area is 192 Å². The third-order valence-corrected chi connectivity index (χ3v) is 6.27. The first-order valence-electron chi connectivity index (χ1n) is 10.2. The zero-order valence-electron chi connectivity index (χ0n) is 17.4. The molecule has 31 heavy (non-hydrogen) atoms. The Bertz CT molecular complexity index is 916. The number of rotatable bonds is 7. The van der Waals surface area contributed by atoms with Crippen LogP contribution in [0.25, 0.3) is 0 Å². The quantitative estimate of drug-likeness (QED) is 0.668. The maximum atomic E-state index is 13.0. The van der Waals surface area contributed by atoms with E-state index in [1.54, 1.807) is 36.2 Å². The molecular formula is C23H26Cl2FN3O2. The van der Waals surface area contributed by atoms with E-state index in [0.29, 0.717) is 55.6 Å². The first-order valence-corrected chi connectivity index (χ1v) is 11.0. The summed E-state index contributed by atoms with van der Waals surface area (Å²) in [4.78, 5) is 28.8. The first-order chi connectivity index (χ1) is 14.8. The molecule has 0 unspecified atom stereocenters. The number of carbonyl (C=O) groups excluding carboxylic acids is 2. The van der Waals surface area contributed by atoms with Crippen LogP contribution in [-0.4, -0.2) is 48.3 Å². The molecule has 3 rings (SSSR count). The van der Waals surface area contributed by atoms with Gasteiger partial charge >= 0.3 is 0 Å². The SMILES string of the molecule is CN(Cc1ccc(Cl)c(Cl)c1)C(=O)CN1CCC(C(=O)NCc2ccc(F)cc2)CC1. The molecular weight excluding hydrogens is 440 g/mol. The van der Waals surface area contributed by atoms with E-state index in [0.717, 1.165) is 11.1 Å². The van der Waals surface area contributed by atoms with Crippen LogP contribution in [-0.2, 0) is 22.7 Å². The highest BCUT2D eigenvalue weighted by molar-refractivity contribution is 6.42. The lowest BCUT2D eigenvalue weighted by Crippen LogP contribution is -2.44. The molecule has 1 heterocycles. The standard InChI is InChI=1S/C23H26Cl2FN3O2/c1-28(14-17-4-7-20(24)21(25)12-17)22(30)15-29-10-8-18(9-11-29)23(31)27-13-16-2-5-19(26)6-3-16/h2-7,12,18H,8-11,13-15H2,1H3,(H,27,31). The monoisotopic (exact) mass is 465 g/mol. The molecule has 0 radical (unpaired) electrons. The number of benzene rings is 2. The highest BCUT2D eigenvalue weighted by Crippen LogP contribution is 2.23. The van der Waals surface area contributed by atoms with Gasteiger partial charge in [0.15, 0.2) is 0 Å². The van der Waals surface area contributed by atoms with Crippen molar-refractivity contribution in [1.82, 2.24) is 15.1 Å². The van der Waals surface area contributed by atoms with Gasteiger partial charge in [0.25, 0.3) is 0 Å². The van der Waals surface area contributed by atoms with Gasteiger partial charge < -0.3 is 10.2 Å². The lowest BCUT2D eigenvalue weighted by atomic mass is 9.96. The minimum Gasteiger partial charge on any atom is -0.352 e. The van der Waals surface area contributed by atoms with E-state index < -0.39 is 0 Å². The van der Waals surface area contributed by atoms with Gasteiger partial charge in [0.2, 0.25) is 11.8 Å². The van der Waals surface area contributed by atoms with Gasteiger partial charge in [-0.15, -0.1) is 0 Å². The van der Waals surface area contributed by atoms with Gasteiger partial charge in [-0.2, -0.15) is 0 Å². The molecule has 0 bridgehead atoms. The minimum absolute atomic E-state index is 0.00652. The molecule has 5 nitrogen and oxygen atoms in total. The normalized spacial score (nSPS) is 15.0. The summed E-state index contributed by atoms with van der Waals surface area (Å²) in [6, 6.07) is 11.4. The fraction of sp³-hybridized carbons (Fsp3) is 0.391. The van der Waals surface area contributed by atoms with Gasteiger partial charge in [0.1, 0.15) is 5.82 Å². The summed E-state index contributed by atoms with van der Waals surface area (Å²) in [6.45, 7) is 2.55. The minimum atomic E-state index is -0.292. The number of likely N-dealkylation sites (N-methyl/N-ethyl adjacent to an activating group) is 1. The number of piperidine rings is 1. The second-order valence-corrected chi connectivity index (χ2v) is 8.71.